The Morgan fingerprint density at radius 2 is 1.44 bits per heavy atom. The number of rotatable bonds is 5. The lowest BCUT2D eigenvalue weighted by Gasteiger charge is -2.14. The molecular weight excluding hydrogens is 326 g/mol. The first-order chi connectivity index (χ1) is 12.0. The van der Waals surface area contributed by atoms with Crippen LogP contribution in [0.3, 0.4) is 0 Å². The molecule has 0 fully saturated rings. The number of carbonyl (C=O) groups is 3. The second-order valence-corrected chi connectivity index (χ2v) is 5.25. The standard InChI is InChI=1S/C18H15NO6/c1-23-12-7-11(8-13(9-12)24-2)18(22)25-10-19-16(20)14-5-3-4-6-15(14)17(19)21/h3-9H,10H2,1-2H3. The number of hydrogen-bond donors (Lipinski definition) is 0. The van der Waals surface area contributed by atoms with Crippen molar-refractivity contribution in [3.63, 3.8) is 0 Å². The largest absolute Gasteiger partial charge is 0.497 e. The highest BCUT2D eigenvalue weighted by atomic mass is 16.5. The van der Waals surface area contributed by atoms with Crippen LogP contribution in [0.4, 0.5) is 0 Å². The number of nitrogens with zero attached hydrogens (tertiary/aromatic N) is 1. The van der Waals surface area contributed by atoms with Crippen LogP contribution in [0.2, 0.25) is 0 Å². The van der Waals surface area contributed by atoms with E-state index in [1.807, 2.05) is 0 Å². The minimum atomic E-state index is -0.700. The Labute approximate surface area is 143 Å². The van der Waals surface area contributed by atoms with Gasteiger partial charge in [0.2, 0.25) is 0 Å². The molecule has 0 N–H and O–H groups in total. The number of carbonyl (C=O) groups excluding carboxylic acids is 3. The van der Waals surface area contributed by atoms with Crippen molar-refractivity contribution >= 4 is 17.8 Å². The molecule has 2 amide bonds. The van der Waals surface area contributed by atoms with Gasteiger partial charge in [0.05, 0.1) is 30.9 Å². The number of ether oxygens (including phenoxy) is 3. The number of hydrogen-bond acceptors (Lipinski definition) is 6. The maximum Gasteiger partial charge on any atom is 0.340 e. The zero-order valence-electron chi connectivity index (χ0n) is 13.6. The summed E-state index contributed by atoms with van der Waals surface area (Å²) in [7, 11) is 2.92. The fourth-order valence-electron chi connectivity index (χ4n) is 2.49. The van der Waals surface area contributed by atoms with Crippen molar-refractivity contribution < 1.29 is 28.6 Å². The SMILES string of the molecule is COc1cc(OC)cc(C(=O)OCN2C(=O)c3ccccc3C2=O)c1. The van der Waals surface area contributed by atoms with Crippen LogP contribution in [0.5, 0.6) is 11.5 Å². The van der Waals surface area contributed by atoms with Gasteiger partial charge in [0, 0.05) is 6.07 Å². The van der Waals surface area contributed by atoms with Gasteiger partial charge >= 0.3 is 5.97 Å². The fourth-order valence-corrected chi connectivity index (χ4v) is 2.49. The Morgan fingerprint density at radius 1 is 0.920 bits per heavy atom. The minimum absolute atomic E-state index is 0.188. The first-order valence-electron chi connectivity index (χ1n) is 7.40. The number of imide groups is 1. The van der Waals surface area contributed by atoms with Crippen LogP contribution in [0.25, 0.3) is 0 Å². The van der Waals surface area contributed by atoms with Gasteiger partial charge in [0.15, 0.2) is 6.73 Å². The van der Waals surface area contributed by atoms with Crippen LogP contribution in [-0.4, -0.2) is 43.6 Å². The molecule has 0 aliphatic carbocycles. The Bertz CT molecular complexity index is 803. The van der Waals surface area contributed by atoms with Crippen molar-refractivity contribution in [2.24, 2.45) is 0 Å². The van der Waals surface area contributed by atoms with Crippen LogP contribution >= 0.6 is 0 Å². The molecule has 0 radical (unpaired) electrons. The Kier molecular flexibility index (Phi) is 4.38. The normalized spacial score (nSPS) is 12.8. The summed E-state index contributed by atoms with van der Waals surface area (Å²) in [5.74, 6) is -0.832. The van der Waals surface area contributed by atoms with Crippen LogP contribution in [-0.2, 0) is 4.74 Å². The Hall–Kier alpha value is -3.35. The molecule has 0 bridgehead atoms. The van der Waals surface area contributed by atoms with Gasteiger partial charge in [-0.05, 0) is 24.3 Å². The molecule has 7 heteroatoms. The lowest BCUT2D eigenvalue weighted by atomic mass is 10.1. The summed E-state index contributed by atoms with van der Waals surface area (Å²) in [5, 5.41) is 0. The second-order valence-electron chi connectivity index (χ2n) is 5.25. The molecule has 1 aliphatic rings. The molecule has 25 heavy (non-hydrogen) atoms. The van der Waals surface area contributed by atoms with E-state index in [4.69, 9.17) is 14.2 Å². The zero-order chi connectivity index (χ0) is 18.0. The quantitative estimate of drug-likeness (QED) is 0.612. The fraction of sp³-hybridized carbons (Fsp3) is 0.167. The van der Waals surface area contributed by atoms with Crippen molar-refractivity contribution in [1.29, 1.82) is 0 Å². The molecule has 3 rings (SSSR count). The molecule has 128 valence electrons. The lowest BCUT2D eigenvalue weighted by Crippen LogP contribution is -2.33. The molecule has 0 aromatic heterocycles. The van der Waals surface area contributed by atoms with E-state index in [1.165, 1.54) is 26.4 Å². The first kappa shape index (κ1) is 16.5. The summed E-state index contributed by atoms with van der Waals surface area (Å²) in [6, 6.07) is 11.0. The molecule has 0 saturated carbocycles. The third-order valence-corrected chi connectivity index (χ3v) is 3.79. The predicted molar refractivity (Wildman–Crippen MR) is 86.8 cm³/mol. The number of methoxy groups -OCH3 is 2. The average Bonchev–Trinajstić information content (AvgIpc) is 2.90. The van der Waals surface area contributed by atoms with Crippen LogP contribution < -0.4 is 9.47 Å². The number of esters is 1. The summed E-state index contributed by atoms with van der Waals surface area (Å²) in [6.45, 7) is -0.468. The third-order valence-electron chi connectivity index (χ3n) is 3.79. The summed E-state index contributed by atoms with van der Waals surface area (Å²) < 4.78 is 15.3. The van der Waals surface area contributed by atoms with E-state index in [-0.39, 0.29) is 5.56 Å². The van der Waals surface area contributed by atoms with Gasteiger partial charge in [0.1, 0.15) is 11.5 Å². The maximum atomic E-state index is 12.2. The Balaban J connectivity index is 1.73. The number of benzene rings is 2. The number of fused-ring (bicyclic) bond motifs is 1. The smallest absolute Gasteiger partial charge is 0.340 e. The molecule has 0 saturated heterocycles. The summed E-state index contributed by atoms with van der Waals surface area (Å²) >= 11 is 0. The zero-order valence-corrected chi connectivity index (χ0v) is 13.6. The molecule has 1 heterocycles. The maximum absolute atomic E-state index is 12.2. The molecular formula is C18H15NO6. The topological polar surface area (TPSA) is 82.1 Å². The second kappa shape index (κ2) is 6.64. The van der Waals surface area contributed by atoms with E-state index in [2.05, 4.69) is 0 Å². The molecule has 2 aromatic carbocycles. The highest BCUT2D eigenvalue weighted by molar-refractivity contribution is 6.21. The van der Waals surface area contributed by atoms with Gasteiger partial charge in [0.25, 0.3) is 11.8 Å². The van der Waals surface area contributed by atoms with Gasteiger partial charge in [-0.15, -0.1) is 0 Å². The van der Waals surface area contributed by atoms with Crippen molar-refractivity contribution in [3.05, 3.63) is 59.2 Å². The summed E-state index contributed by atoms with van der Waals surface area (Å²) in [4.78, 5) is 37.6. The van der Waals surface area contributed by atoms with Gasteiger partial charge in [-0.25, -0.2) is 9.69 Å². The van der Waals surface area contributed by atoms with Crippen molar-refractivity contribution in [2.45, 2.75) is 0 Å². The van der Waals surface area contributed by atoms with Crippen LogP contribution in [0.15, 0.2) is 42.5 Å². The van der Waals surface area contributed by atoms with Gasteiger partial charge in [-0.2, -0.15) is 0 Å². The van der Waals surface area contributed by atoms with Gasteiger partial charge in [-0.3, -0.25) is 9.59 Å². The molecule has 2 aromatic rings. The van der Waals surface area contributed by atoms with E-state index < -0.39 is 24.5 Å². The van der Waals surface area contributed by atoms with Crippen molar-refractivity contribution in [2.75, 3.05) is 21.0 Å². The number of amides is 2. The van der Waals surface area contributed by atoms with Crippen molar-refractivity contribution in [3.8, 4) is 11.5 Å². The first-order valence-corrected chi connectivity index (χ1v) is 7.40. The molecule has 7 nitrogen and oxygen atoms in total. The van der Waals surface area contributed by atoms with E-state index >= 15 is 0 Å². The van der Waals surface area contributed by atoms with Gasteiger partial charge in [-0.1, -0.05) is 12.1 Å². The minimum Gasteiger partial charge on any atom is -0.497 e. The van der Waals surface area contributed by atoms with Crippen LogP contribution in [0.1, 0.15) is 31.1 Å². The highest BCUT2D eigenvalue weighted by Crippen LogP contribution is 2.24. The monoisotopic (exact) mass is 341 g/mol. The predicted octanol–water partition coefficient (Wildman–Crippen LogP) is 2.11. The molecule has 1 aliphatic heterocycles. The van der Waals surface area contributed by atoms with Crippen molar-refractivity contribution in [1.82, 2.24) is 4.90 Å². The average molecular weight is 341 g/mol. The lowest BCUT2D eigenvalue weighted by molar-refractivity contribution is 0.0227. The molecule has 0 spiro atoms. The Morgan fingerprint density at radius 3 is 1.92 bits per heavy atom. The van der Waals surface area contributed by atoms with E-state index in [0.29, 0.717) is 22.6 Å². The van der Waals surface area contributed by atoms with E-state index in [0.717, 1.165) is 4.90 Å². The summed E-state index contributed by atoms with van der Waals surface area (Å²) in [6.07, 6.45) is 0. The van der Waals surface area contributed by atoms with E-state index in [9.17, 15) is 14.4 Å². The molecule has 0 atom stereocenters. The molecule has 0 unspecified atom stereocenters. The summed E-state index contributed by atoms with van der Waals surface area (Å²) in [5.41, 5.74) is 0.783. The highest BCUT2D eigenvalue weighted by Gasteiger charge is 2.35. The van der Waals surface area contributed by atoms with Gasteiger partial charge < -0.3 is 14.2 Å². The third kappa shape index (κ3) is 3.03. The van der Waals surface area contributed by atoms with Crippen LogP contribution in [0, 0.1) is 0 Å². The van der Waals surface area contributed by atoms with E-state index in [1.54, 1.807) is 30.3 Å².